The predicted molar refractivity (Wildman–Crippen MR) is 82.8 cm³/mol. The predicted octanol–water partition coefficient (Wildman–Crippen LogP) is 2.84. The van der Waals surface area contributed by atoms with E-state index in [1.807, 2.05) is 27.0 Å². The van der Waals surface area contributed by atoms with Crippen molar-refractivity contribution in [3.05, 3.63) is 30.1 Å². The molecule has 1 amide bonds. The highest BCUT2D eigenvalue weighted by Crippen LogP contribution is 2.29. The maximum atomic E-state index is 12.1. The Morgan fingerprint density at radius 2 is 2.05 bits per heavy atom. The second-order valence-electron chi connectivity index (χ2n) is 6.81. The summed E-state index contributed by atoms with van der Waals surface area (Å²) in [5.74, 6) is 0.471. The number of rotatable bonds is 1. The van der Waals surface area contributed by atoms with Crippen molar-refractivity contribution in [2.24, 2.45) is 0 Å². The van der Waals surface area contributed by atoms with E-state index in [0.29, 0.717) is 5.92 Å². The third kappa shape index (κ3) is 3.21. The lowest BCUT2D eigenvalue weighted by molar-refractivity contribution is 0.0205. The van der Waals surface area contributed by atoms with E-state index in [1.165, 1.54) is 5.56 Å². The molecule has 3 heterocycles. The largest absolute Gasteiger partial charge is 0.444 e. The molecule has 1 saturated heterocycles. The Morgan fingerprint density at radius 1 is 1.32 bits per heavy atom. The molecule has 0 N–H and O–H groups in total. The molecule has 6 nitrogen and oxygen atoms in total. The maximum Gasteiger partial charge on any atom is 0.410 e. The third-order valence-electron chi connectivity index (χ3n) is 3.94. The molecule has 0 bridgehead atoms. The van der Waals surface area contributed by atoms with Crippen molar-refractivity contribution in [2.45, 2.75) is 45.1 Å². The van der Waals surface area contributed by atoms with Gasteiger partial charge in [-0.2, -0.15) is 0 Å². The van der Waals surface area contributed by atoms with E-state index in [-0.39, 0.29) is 6.09 Å². The lowest BCUT2D eigenvalue weighted by Gasteiger charge is -2.33. The minimum atomic E-state index is -0.437. The Bertz CT molecular complexity index is 666. The molecule has 0 unspecified atom stereocenters. The van der Waals surface area contributed by atoms with Crippen molar-refractivity contribution in [1.29, 1.82) is 0 Å². The molecule has 22 heavy (non-hydrogen) atoms. The number of likely N-dealkylation sites (tertiary alicyclic amines) is 1. The standard InChI is InChI=1S/C16H22N4O2/c1-16(2,3)22-15(21)19-7-4-12(5-8-19)13-6-9-20-14(10-13)11-17-18-20/h6,9-12H,4-5,7-8H2,1-3H3. The number of carbonyl (C=O) groups is 1. The van der Waals surface area contributed by atoms with Gasteiger partial charge in [0.05, 0.1) is 11.7 Å². The van der Waals surface area contributed by atoms with Crippen LogP contribution in [-0.2, 0) is 4.74 Å². The van der Waals surface area contributed by atoms with Gasteiger partial charge in [-0.3, -0.25) is 0 Å². The number of hydrogen-bond donors (Lipinski definition) is 0. The first-order valence-corrected chi connectivity index (χ1v) is 7.70. The van der Waals surface area contributed by atoms with Crippen molar-refractivity contribution in [3.8, 4) is 0 Å². The monoisotopic (exact) mass is 302 g/mol. The van der Waals surface area contributed by atoms with Crippen LogP contribution in [-0.4, -0.2) is 44.5 Å². The molecule has 0 aliphatic carbocycles. The van der Waals surface area contributed by atoms with Gasteiger partial charge in [0, 0.05) is 19.3 Å². The number of pyridine rings is 1. The topological polar surface area (TPSA) is 59.7 Å². The molecular weight excluding hydrogens is 280 g/mol. The van der Waals surface area contributed by atoms with Gasteiger partial charge >= 0.3 is 6.09 Å². The van der Waals surface area contributed by atoms with Crippen molar-refractivity contribution < 1.29 is 9.53 Å². The van der Waals surface area contributed by atoms with Gasteiger partial charge in [0.2, 0.25) is 0 Å². The van der Waals surface area contributed by atoms with Crippen LogP contribution in [0.3, 0.4) is 0 Å². The number of fused-ring (bicyclic) bond motifs is 1. The smallest absolute Gasteiger partial charge is 0.410 e. The molecule has 1 aliphatic heterocycles. The minimum absolute atomic E-state index is 0.207. The van der Waals surface area contributed by atoms with Crippen LogP contribution in [0.25, 0.3) is 5.52 Å². The number of amides is 1. The molecule has 2 aromatic rings. The van der Waals surface area contributed by atoms with E-state index in [9.17, 15) is 4.79 Å². The highest BCUT2D eigenvalue weighted by Gasteiger charge is 2.27. The minimum Gasteiger partial charge on any atom is -0.444 e. The number of piperidine rings is 1. The quantitative estimate of drug-likeness (QED) is 0.812. The molecule has 118 valence electrons. The number of ether oxygens (including phenoxy) is 1. The van der Waals surface area contributed by atoms with Gasteiger partial charge in [-0.25, -0.2) is 9.31 Å². The van der Waals surface area contributed by atoms with Crippen LogP contribution in [0.2, 0.25) is 0 Å². The van der Waals surface area contributed by atoms with Gasteiger partial charge in [0.1, 0.15) is 5.60 Å². The maximum absolute atomic E-state index is 12.1. The Morgan fingerprint density at radius 3 is 2.73 bits per heavy atom. The zero-order chi connectivity index (χ0) is 15.7. The van der Waals surface area contributed by atoms with Gasteiger partial charge in [-0.1, -0.05) is 5.21 Å². The number of carbonyl (C=O) groups excluding carboxylic acids is 1. The molecule has 0 aromatic carbocycles. The van der Waals surface area contributed by atoms with Gasteiger partial charge in [-0.05, 0) is 57.2 Å². The fraction of sp³-hybridized carbons (Fsp3) is 0.562. The summed E-state index contributed by atoms with van der Waals surface area (Å²) in [4.78, 5) is 13.9. The molecule has 2 aromatic heterocycles. The Kier molecular flexibility index (Phi) is 3.76. The highest BCUT2D eigenvalue weighted by molar-refractivity contribution is 5.68. The lowest BCUT2D eigenvalue weighted by Crippen LogP contribution is -2.41. The summed E-state index contributed by atoms with van der Waals surface area (Å²) in [7, 11) is 0. The van der Waals surface area contributed by atoms with Gasteiger partial charge < -0.3 is 9.64 Å². The third-order valence-corrected chi connectivity index (χ3v) is 3.94. The molecule has 1 aliphatic rings. The van der Waals surface area contributed by atoms with Crippen LogP contribution in [0, 0.1) is 0 Å². The SMILES string of the molecule is CC(C)(C)OC(=O)N1CCC(c2ccn3nncc3c2)CC1. The van der Waals surface area contributed by atoms with Gasteiger partial charge in [0.25, 0.3) is 0 Å². The first kappa shape index (κ1) is 14.8. The van der Waals surface area contributed by atoms with Crippen LogP contribution in [0.1, 0.15) is 45.1 Å². The van der Waals surface area contributed by atoms with Crippen LogP contribution in [0.5, 0.6) is 0 Å². The summed E-state index contributed by atoms with van der Waals surface area (Å²) in [5, 5.41) is 7.87. The summed E-state index contributed by atoms with van der Waals surface area (Å²) in [6.07, 6.45) is 5.41. The van der Waals surface area contributed by atoms with Crippen molar-refractivity contribution in [2.75, 3.05) is 13.1 Å². The van der Waals surface area contributed by atoms with Crippen LogP contribution in [0.4, 0.5) is 4.79 Å². The summed E-state index contributed by atoms with van der Waals surface area (Å²) in [6.45, 7) is 7.16. The number of nitrogens with zero attached hydrogens (tertiary/aromatic N) is 4. The molecule has 0 atom stereocenters. The van der Waals surface area contributed by atoms with Gasteiger partial charge in [-0.15, -0.1) is 5.10 Å². The zero-order valence-electron chi connectivity index (χ0n) is 13.3. The first-order valence-electron chi connectivity index (χ1n) is 7.70. The lowest BCUT2D eigenvalue weighted by atomic mass is 9.90. The zero-order valence-corrected chi connectivity index (χ0v) is 13.3. The molecule has 6 heteroatoms. The summed E-state index contributed by atoms with van der Waals surface area (Å²) >= 11 is 0. The number of aromatic nitrogens is 3. The van der Waals surface area contributed by atoms with Crippen LogP contribution in [0.15, 0.2) is 24.5 Å². The van der Waals surface area contributed by atoms with E-state index in [0.717, 1.165) is 31.4 Å². The molecule has 0 spiro atoms. The normalized spacial score (nSPS) is 17.0. The van der Waals surface area contributed by atoms with Crippen molar-refractivity contribution in [1.82, 2.24) is 19.7 Å². The Balaban J connectivity index is 1.62. The number of hydrogen-bond acceptors (Lipinski definition) is 4. The van der Waals surface area contributed by atoms with Crippen molar-refractivity contribution >= 4 is 11.6 Å². The molecular formula is C16H22N4O2. The summed E-state index contributed by atoms with van der Waals surface area (Å²) in [6, 6.07) is 4.23. The van der Waals surface area contributed by atoms with Gasteiger partial charge in [0.15, 0.2) is 0 Å². The Hall–Kier alpha value is -2.11. The first-order chi connectivity index (χ1) is 10.4. The van der Waals surface area contributed by atoms with E-state index in [1.54, 1.807) is 15.6 Å². The van der Waals surface area contributed by atoms with Crippen molar-refractivity contribution in [3.63, 3.8) is 0 Å². The average molecular weight is 302 g/mol. The van der Waals surface area contributed by atoms with E-state index in [4.69, 9.17) is 4.74 Å². The molecule has 1 fully saturated rings. The molecule has 0 saturated carbocycles. The van der Waals surface area contributed by atoms with E-state index >= 15 is 0 Å². The highest BCUT2D eigenvalue weighted by atomic mass is 16.6. The molecule has 0 radical (unpaired) electrons. The second-order valence-corrected chi connectivity index (χ2v) is 6.81. The summed E-state index contributed by atoms with van der Waals surface area (Å²) < 4.78 is 7.20. The fourth-order valence-corrected chi connectivity index (χ4v) is 2.82. The Labute approximate surface area is 130 Å². The second kappa shape index (κ2) is 5.59. The average Bonchev–Trinajstić information content (AvgIpc) is 2.93. The van der Waals surface area contributed by atoms with E-state index < -0.39 is 5.60 Å². The van der Waals surface area contributed by atoms with E-state index in [2.05, 4.69) is 22.4 Å². The van der Waals surface area contributed by atoms with Crippen LogP contribution < -0.4 is 0 Å². The molecule has 3 rings (SSSR count). The fourth-order valence-electron chi connectivity index (χ4n) is 2.82. The summed E-state index contributed by atoms with van der Waals surface area (Å²) in [5.41, 5.74) is 1.86. The van der Waals surface area contributed by atoms with Crippen LogP contribution >= 0.6 is 0 Å².